The lowest BCUT2D eigenvalue weighted by Gasteiger charge is -2.03. The fourth-order valence-corrected chi connectivity index (χ4v) is 2.20. The van der Waals surface area contributed by atoms with Gasteiger partial charge in [-0.05, 0) is 6.07 Å². The lowest BCUT2D eigenvalue weighted by Crippen LogP contribution is -2.20. The van der Waals surface area contributed by atoms with E-state index in [1.54, 1.807) is 35.3 Å². The predicted molar refractivity (Wildman–Crippen MR) is 74.9 cm³/mol. The molecular formula is C14H14N4O3. The van der Waals surface area contributed by atoms with Crippen molar-refractivity contribution in [2.75, 3.05) is 6.54 Å². The van der Waals surface area contributed by atoms with E-state index in [0.29, 0.717) is 36.4 Å². The molecule has 1 aromatic carbocycles. The number of rotatable bonds is 6. The standard InChI is InChI=1S/C14H14N4O3/c19-14(20)13-10-3-1-2-4-11(10)21-12(13)9-15-5-7-18-8-6-16-17-18/h1-4,6,8,15H,5,7,9H2,(H,19,20). The van der Waals surface area contributed by atoms with Crippen molar-refractivity contribution in [2.24, 2.45) is 0 Å². The van der Waals surface area contributed by atoms with E-state index in [1.165, 1.54) is 0 Å². The molecule has 0 unspecified atom stereocenters. The van der Waals surface area contributed by atoms with Crippen LogP contribution in [0.15, 0.2) is 41.1 Å². The normalized spacial score (nSPS) is 11.0. The van der Waals surface area contributed by atoms with Crippen LogP contribution in [0.3, 0.4) is 0 Å². The van der Waals surface area contributed by atoms with E-state index in [-0.39, 0.29) is 5.56 Å². The first-order valence-corrected chi connectivity index (χ1v) is 6.54. The number of carbonyl (C=O) groups is 1. The van der Waals surface area contributed by atoms with Gasteiger partial charge < -0.3 is 14.8 Å². The van der Waals surface area contributed by atoms with E-state index >= 15 is 0 Å². The minimum Gasteiger partial charge on any atom is -0.478 e. The third-order valence-corrected chi connectivity index (χ3v) is 3.16. The quantitative estimate of drug-likeness (QED) is 0.667. The molecule has 0 amide bonds. The molecular weight excluding hydrogens is 272 g/mol. The molecule has 0 fully saturated rings. The first-order valence-electron chi connectivity index (χ1n) is 6.54. The second-order valence-corrected chi connectivity index (χ2v) is 4.54. The smallest absolute Gasteiger partial charge is 0.339 e. The molecule has 0 aliphatic carbocycles. The fourth-order valence-electron chi connectivity index (χ4n) is 2.20. The molecule has 0 saturated carbocycles. The van der Waals surface area contributed by atoms with Crippen LogP contribution in [0.5, 0.6) is 0 Å². The zero-order valence-electron chi connectivity index (χ0n) is 11.2. The monoisotopic (exact) mass is 286 g/mol. The Morgan fingerprint density at radius 1 is 1.38 bits per heavy atom. The van der Waals surface area contributed by atoms with E-state index < -0.39 is 5.97 Å². The van der Waals surface area contributed by atoms with Crippen LogP contribution < -0.4 is 5.32 Å². The lowest BCUT2D eigenvalue weighted by molar-refractivity contribution is 0.0696. The molecule has 2 heterocycles. The topological polar surface area (TPSA) is 93.2 Å². The van der Waals surface area contributed by atoms with Crippen molar-refractivity contribution in [3.63, 3.8) is 0 Å². The summed E-state index contributed by atoms with van der Waals surface area (Å²) in [6.45, 7) is 1.65. The third-order valence-electron chi connectivity index (χ3n) is 3.16. The maximum absolute atomic E-state index is 11.4. The van der Waals surface area contributed by atoms with Crippen LogP contribution in [0.1, 0.15) is 16.1 Å². The molecule has 108 valence electrons. The van der Waals surface area contributed by atoms with Gasteiger partial charge in [-0.25, -0.2) is 4.79 Å². The molecule has 2 aromatic heterocycles. The van der Waals surface area contributed by atoms with Gasteiger partial charge in [-0.15, -0.1) is 5.10 Å². The molecule has 3 rings (SSSR count). The number of hydrogen-bond acceptors (Lipinski definition) is 5. The highest BCUT2D eigenvalue weighted by molar-refractivity contribution is 6.03. The number of furan rings is 1. The first-order chi connectivity index (χ1) is 10.3. The summed E-state index contributed by atoms with van der Waals surface area (Å²) in [5, 5.41) is 20.7. The van der Waals surface area contributed by atoms with Crippen LogP contribution in [0.4, 0.5) is 0 Å². The SMILES string of the molecule is O=C(O)c1c(CNCCn2ccnn2)oc2ccccc12. The van der Waals surface area contributed by atoms with Crippen LogP contribution in [-0.2, 0) is 13.1 Å². The highest BCUT2D eigenvalue weighted by Gasteiger charge is 2.19. The zero-order valence-corrected chi connectivity index (χ0v) is 11.2. The number of fused-ring (bicyclic) bond motifs is 1. The minimum absolute atomic E-state index is 0.221. The van der Waals surface area contributed by atoms with Gasteiger partial charge in [0.05, 0.1) is 19.3 Å². The molecule has 2 N–H and O–H groups in total. The summed E-state index contributed by atoms with van der Waals surface area (Å²) < 4.78 is 7.32. The number of para-hydroxylation sites is 1. The molecule has 0 bridgehead atoms. The Kier molecular flexibility index (Phi) is 3.65. The molecule has 0 spiro atoms. The van der Waals surface area contributed by atoms with Crippen LogP contribution in [0.25, 0.3) is 11.0 Å². The molecule has 0 aliphatic rings. The highest BCUT2D eigenvalue weighted by Crippen LogP contribution is 2.25. The van der Waals surface area contributed by atoms with Crippen molar-refractivity contribution in [1.82, 2.24) is 20.3 Å². The van der Waals surface area contributed by atoms with Gasteiger partial charge in [-0.1, -0.05) is 23.4 Å². The fraction of sp³-hybridized carbons (Fsp3) is 0.214. The van der Waals surface area contributed by atoms with Crippen LogP contribution in [0, 0.1) is 0 Å². The van der Waals surface area contributed by atoms with E-state index in [4.69, 9.17) is 4.42 Å². The molecule has 0 radical (unpaired) electrons. The summed E-state index contributed by atoms with van der Waals surface area (Å²) in [6, 6.07) is 7.13. The maximum Gasteiger partial charge on any atom is 0.339 e. The van der Waals surface area contributed by atoms with Gasteiger partial charge >= 0.3 is 5.97 Å². The van der Waals surface area contributed by atoms with E-state index in [0.717, 1.165) is 0 Å². The van der Waals surface area contributed by atoms with Gasteiger partial charge in [-0.3, -0.25) is 4.68 Å². The lowest BCUT2D eigenvalue weighted by atomic mass is 10.1. The molecule has 21 heavy (non-hydrogen) atoms. The minimum atomic E-state index is -0.979. The summed E-state index contributed by atoms with van der Waals surface area (Å²) in [5.74, 6) is -0.546. The van der Waals surface area contributed by atoms with E-state index in [9.17, 15) is 9.90 Å². The Hall–Kier alpha value is -2.67. The summed E-state index contributed by atoms with van der Waals surface area (Å²) in [5.41, 5.74) is 0.807. The van der Waals surface area contributed by atoms with Crippen molar-refractivity contribution in [3.8, 4) is 0 Å². The maximum atomic E-state index is 11.4. The van der Waals surface area contributed by atoms with Crippen molar-refractivity contribution in [2.45, 2.75) is 13.1 Å². The average Bonchev–Trinajstić information content (AvgIpc) is 3.10. The Morgan fingerprint density at radius 3 is 3.00 bits per heavy atom. The largest absolute Gasteiger partial charge is 0.478 e. The predicted octanol–water partition coefficient (Wildman–Crippen LogP) is 1.51. The number of nitrogens with zero attached hydrogens (tertiary/aromatic N) is 3. The van der Waals surface area contributed by atoms with Gasteiger partial charge in [0, 0.05) is 18.1 Å². The second-order valence-electron chi connectivity index (χ2n) is 4.54. The van der Waals surface area contributed by atoms with Crippen LogP contribution >= 0.6 is 0 Å². The Bertz CT molecular complexity index is 749. The second kappa shape index (κ2) is 5.76. The summed E-state index contributed by atoms with van der Waals surface area (Å²) >= 11 is 0. The van der Waals surface area contributed by atoms with Gasteiger partial charge in [0.2, 0.25) is 0 Å². The van der Waals surface area contributed by atoms with Gasteiger partial charge in [0.1, 0.15) is 16.9 Å². The van der Waals surface area contributed by atoms with Crippen LogP contribution in [0.2, 0.25) is 0 Å². The molecule has 7 heteroatoms. The van der Waals surface area contributed by atoms with E-state index in [2.05, 4.69) is 15.6 Å². The Balaban J connectivity index is 1.71. The van der Waals surface area contributed by atoms with Crippen molar-refractivity contribution in [3.05, 3.63) is 48.0 Å². The molecule has 3 aromatic rings. The van der Waals surface area contributed by atoms with Gasteiger partial charge in [0.15, 0.2) is 0 Å². The number of carboxylic acid groups (broad SMARTS) is 1. The van der Waals surface area contributed by atoms with Gasteiger partial charge in [-0.2, -0.15) is 0 Å². The van der Waals surface area contributed by atoms with Crippen LogP contribution in [-0.4, -0.2) is 32.6 Å². The molecule has 7 nitrogen and oxygen atoms in total. The summed E-state index contributed by atoms with van der Waals surface area (Å²) in [7, 11) is 0. The number of aromatic carboxylic acids is 1. The summed E-state index contributed by atoms with van der Waals surface area (Å²) in [6.07, 6.45) is 3.38. The van der Waals surface area contributed by atoms with E-state index in [1.807, 2.05) is 6.07 Å². The number of nitrogens with one attached hydrogen (secondary N) is 1. The number of benzene rings is 1. The Morgan fingerprint density at radius 2 is 2.24 bits per heavy atom. The summed E-state index contributed by atoms with van der Waals surface area (Å²) in [4.78, 5) is 11.4. The van der Waals surface area contributed by atoms with Crippen molar-refractivity contribution < 1.29 is 14.3 Å². The Labute approximate surface area is 120 Å². The molecule has 0 atom stereocenters. The van der Waals surface area contributed by atoms with Crippen molar-refractivity contribution in [1.29, 1.82) is 0 Å². The zero-order chi connectivity index (χ0) is 14.7. The first kappa shape index (κ1) is 13.3. The average molecular weight is 286 g/mol. The number of aromatic nitrogens is 3. The van der Waals surface area contributed by atoms with Crippen molar-refractivity contribution >= 4 is 16.9 Å². The molecule has 0 aliphatic heterocycles. The number of hydrogen-bond donors (Lipinski definition) is 2. The third kappa shape index (κ3) is 2.77. The van der Waals surface area contributed by atoms with Gasteiger partial charge in [0.25, 0.3) is 0 Å². The highest BCUT2D eigenvalue weighted by atomic mass is 16.4. The molecule has 0 saturated heterocycles. The number of carboxylic acids is 1.